The van der Waals surface area contributed by atoms with Crippen LogP contribution in [0, 0.1) is 0 Å². The Hall–Kier alpha value is -2.73. The second-order valence-electron chi connectivity index (χ2n) is 10.7. The van der Waals surface area contributed by atoms with E-state index in [1.165, 1.54) is 44.9 Å². The molecule has 0 bridgehead atoms. The van der Waals surface area contributed by atoms with Gasteiger partial charge in [0.25, 0.3) is 0 Å². The van der Waals surface area contributed by atoms with E-state index in [0.29, 0.717) is 32.2 Å². The second kappa shape index (κ2) is 26.2. The van der Waals surface area contributed by atoms with Gasteiger partial charge in [0.1, 0.15) is 12.1 Å². The molecule has 0 aliphatic carbocycles. The summed E-state index contributed by atoms with van der Waals surface area (Å²) in [5.74, 6) is 1.61. The van der Waals surface area contributed by atoms with Crippen molar-refractivity contribution in [2.45, 2.75) is 147 Å². The standard InChI is InChI=1S/C29H54N4O8/c30-33-24(29(40)41)17-15-16-22-31-25(34)21-20-23(28(38)39)32-26(35)18-13-11-9-7-5-3-1-2-4-6-8-10-12-14-19-27(36)37/h23-24,33H,1-22,30H2,(H,31,34)(H,32,35)(H,36,37)(H,38,39)(H,40,41)/t23-,24-/m0/s1. The number of carboxylic acid groups (broad SMARTS) is 3. The Bertz CT molecular complexity index is 750. The molecule has 0 radical (unpaired) electrons. The van der Waals surface area contributed by atoms with E-state index in [1.807, 2.05) is 0 Å². The fourth-order valence-corrected chi connectivity index (χ4v) is 4.55. The van der Waals surface area contributed by atoms with Gasteiger partial charge in [0, 0.05) is 25.8 Å². The fraction of sp³-hybridized carbons (Fsp3) is 0.828. The van der Waals surface area contributed by atoms with Gasteiger partial charge in [-0.3, -0.25) is 25.0 Å². The maximum Gasteiger partial charge on any atom is 0.326 e. The van der Waals surface area contributed by atoms with Crippen molar-refractivity contribution < 1.29 is 39.3 Å². The van der Waals surface area contributed by atoms with Crippen LogP contribution in [0.3, 0.4) is 0 Å². The number of nitrogens with two attached hydrogens (primary N) is 1. The average Bonchev–Trinajstić information content (AvgIpc) is 2.92. The molecule has 0 aromatic heterocycles. The Morgan fingerprint density at radius 3 is 1.41 bits per heavy atom. The van der Waals surface area contributed by atoms with Gasteiger partial charge in [-0.05, 0) is 38.5 Å². The molecular formula is C29H54N4O8. The first-order chi connectivity index (χ1) is 19.7. The Morgan fingerprint density at radius 2 is 0.976 bits per heavy atom. The SMILES string of the molecule is NN[C@@H](CCCCNC(=O)CC[C@H](NC(=O)CCCCCCCCCCCCCCCCC(=O)O)C(=O)O)C(=O)O. The van der Waals surface area contributed by atoms with Gasteiger partial charge in [-0.15, -0.1) is 0 Å². The Morgan fingerprint density at radius 1 is 0.512 bits per heavy atom. The van der Waals surface area contributed by atoms with Crippen LogP contribution in [0.25, 0.3) is 0 Å². The number of hydrogen-bond donors (Lipinski definition) is 7. The zero-order chi connectivity index (χ0) is 30.7. The van der Waals surface area contributed by atoms with E-state index >= 15 is 0 Å². The monoisotopic (exact) mass is 586 g/mol. The van der Waals surface area contributed by atoms with Crippen molar-refractivity contribution in [2.24, 2.45) is 5.84 Å². The molecule has 0 spiro atoms. The van der Waals surface area contributed by atoms with Gasteiger partial charge in [-0.2, -0.15) is 0 Å². The summed E-state index contributed by atoms with van der Waals surface area (Å²) >= 11 is 0. The average molecular weight is 587 g/mol. The van der Waals surface area contributed by atoms with Gasteiger partial charge >= 0.3 is 17.9 Å². The van der Waals surface area contributed by atoms with E-state index < -0.39 is 30.0 Å². The van der Waals surface area contributed by atoms with E-state index in [-0.39, 0.29) is 37.5 Å². The molecule has 0 saturated heterocycles. The maximum absolute atomic E-state index is 12.2. The number of carbonyl (C=O) groups is 5. The second-order valence-corrected chi connectivity index (χ2v) is 10.7. The van der Waals surface area contributed by atoms with Crippen molar-refractivity contribution in [3.05, 3.63) is 0 Å². The number of unbranched alkanes of at least 4 members (excludes halogenated alkanes) is 14. The van der Waals surface area contributed by atoms with Crippen molar-refractivity contribution in [3.63, 3.8) is 0 Å². The zero-order valence-electron chi connectivity index (χ0n) is 24.7. The van der Waals surface area contributed by atoms with Crippen LogP contribution in [0.2, 0.25) is 0 Å². The van der Waals surface area contributed by atoms with Crippen molar-refractivity contribution in [3.8, 4) is 0 Å². The highest BCUT2D eigenvalue weighted by atomic mass is 16.4. The first-order valence-corrected chi connectivity index (χ1v) is 15.4. The molecule has 2 atom stereocenters. The largest absolute Gasteiger partial charge is 0.481 e. The molecule has 0 aromatic rings. The van der Waals surface area contributed by atoms with Crippen molar-refractivity contribution >= 4 is 29.7 Å². The lowest BCUT2D eigenvalue weighted by Crippen LogP contribution is -2.41. The first-order valence-electron chi connectivity index (χ1n) is 15.4. The molecule has 0 rings (SSSR count). The quantitative estimate of drug-likeness (QED) is 0.0382. The number of rotatable bonds is 29. The highest BCUT2D eigenvalue weighted by Crippen LogP contribution is 2.14. The van der Waals surface area contributed by atoms with Crippen LogP contribution in [-0.4, -0.2) is 63.7 Å². The molecule has 41 heavy (non-hydrogen) atoms. The number of hydrazine groups is 1. The van der Waals surface area contributed by atoms with Crippen LogP contribution in [0.1, 0.15) is 135 Å². The smallest absolute Gasteiger partial charge is 0.326 e. The molecule has 12 heteroatoms. The maximum atomic E-state index is 12.2. The summed E-state index contributed by atoms with van der Waals surface area (Å²) in [6.45, 7) is 0.346. The van der Waals surface area contributed by atoms with Crippen LogP contribution >= 0.6 is 0 Å². The zero-order valence-corrected chi connectivity index (χ0v) is 24.7. The predicted molar refractivity (Wildman–Crippen MR) is 156 cm³/mol. The summed E-state index contributed by atoms with van der Waals surface area (Å²) in [7, 11) is 0. The number of hydrogen-bond acceptors (Lipinski definition) is 7. The molecule has 0 aliphatic rings. The molecule has 0 aliphatic heterocycles. The molecule has 0 heterocycles. The summed E-state index contributed by atoms with van der Waals surface area (Å²) in [6, 6.07) is -1.95. The van der Waals surface area contributed by atoms with Crippen LogP contribution < -0.4 is 21.9 Å². The molecule has 0 fully saturated rings. The number of amides is 2. The summed E-state index contributed by atoms with van der Waals surface area (Å²) in [5.41, 5.74) is 2.21. The van der Waals surface area contributed by atoms with Crippen LogP contribution in [0.5, 0.6) is 0 Å². The number of carboxylic acids is 3. The third-order valence-electron chi connectivity index (χ3n) is 7.08. The fourth-order valence-electron chi connectivity index (χ4n) is 4.55. The van der Waals surface area contributed by atoms with E-state index in [9.17, 15) is 29.1 Å². The molecule has 2 amide bonds. The highest BCUT2D eigenvalue weighted by Gasteiger charge is 2.21. The van der Waals surface area contributed by atoms with Gasteiger partial charge in [0.15, 0.2) is 0 Å². The summed E-state index contributed by atoms with van der Waals surface area (Å²) in [4.78, 5) is 57.0. The van der Waals surface area contributed by atoms with Gasteiger partial charge in [-0.1, -0.05) is 77.0 Å². The van der Waals surface area contributed by atoms with E-state index in [4.69, 9.17) is 16.1 Å². The van der Waals surface area contributed by atoms with Crippen LogP contribution in [0.15, 0.2) is 0 Å². The summed E-state index contributed by atoms with van der Waals surface area (Å²) in [5, 5.41) is 32.1. The van der Waals surface area contributed by atoms with Crippen LogP contribution in [-0.2, 0) is 24.0 Å². The molecule has 12 nitrogen and oxygen atoms in total. The molecule has 0 saturated carbocycles. The number of carbonyl (C=O) groups excluding carboxylic acids is 2. The summed E-state index contributed by atoms with van der Waals surface area (Å²) < 4.78 is 0. The van der Waals surface area contributed by atoms with E-state index in [1.54, 1.807) is 0 Å². The molecule has 0 aromatic carbocycles. The topological polar surface area (TPSA) is 208 Å². The first kappa shape index (κ1) is 38.3. The Kier molecular flexibility index (Phi) is 24.4. The van der Waals surface area contributed by atoms with Crippen LogP contribution in [0.4, 0.5) is 0 Å². The number of nitrogens with one attached hydrogen (secondary N) is 3. The Labute approximate surface area is 244 Å². The lowest BCUT2D eigenvalue weighted by molar-refractivity contribution is -0.142. The van der Waals surface area contributed by atoms with Gasteiger partial charge in [-0.25, -0.2) is 10.2 Å². The molecule has 0 unspecified atom stereocenters. The summed E-state index contributed by atoms with van der Waals surface area (Å²) in [6.07, 6.45) is 17.2. The van der Waals surface area contributed by atoms with E-state index in [2.05, 4.69) is 16.1 Å². The highest BCUT2D eigenvalue weighted by molar-refractivity contribution is 5.84. The minimum atomic E-state index is -1.17. The minimum Gasteiger partial charge on any atom is -0.481 e. The lowest BCUT2D eigenvalue weighted by atomic mass is 10.0. The molecule has 8 N–H and O–H groups in total. The molecular weight excluding hydrogens is 532 g/mol. The number of aliphatic carboxylic acids is 3. The third-order valence-corrected chi connectivity index (χ3v) is 7.08. The lowest BCUT2D eigenvalue weighted by Gasteiger charge is -2.14. The normalized spacial score (nSPS) is 12.4. The van der Waals surface area contributed by atoms with Crippen molar-refractivity contribution in [1.82, 2.24) is 16.1 Å². The van der Waals surface area contributed by atoms with Crippen molar-refractivity contribution in [1.29, 1.82) is 0 Å². The van der Waals surface area contributed by atoms with E-state index in [0.717, 1.165) is 38.5 Å². The van der Waals surface area contributed by atoms with Crippen molar-refractivity contribution in [2.75, 3.05) is 6.54 Å². The predicted octanol–water partition coefficient (Wildman–Crippen LogP) is 3.87. The Balaban J connectivity index is 3.73. The van der Waals surface area contributed by atoms with Gasteiger partial charge in [0.2, 0.25) is 11.8 Å². The van der Waals surface area contributed by atoms with Gasteiger partial charge in [0.05, 0.1) is 0 Å². The molecule has 238 valence electrons. The van der Waals surface area contributed by atoms with Gasteiger partial charge < -0.3 is 26.0 Å². The third kappa shape index (κ3) is 24.8. The minimum absolute atomic E-state index is 0.00210.